The van der Waals surface area contributed by atoms with Gasteiger partial charge in [0.2, 0.25) is 0 Å². The first-order valence-electron chi connectivity index (χ1n) is 8.67. The van der Waals surface area contributed by atoms with Crippen molar-refractivity contribution in [2.24, 2.45) is 11.8 Å². The molecule has 0 aliphatic carbocycles. The summed E-state index contributed by atoms with van der Waals surface area (Å²) < 4.78 is 5.18. The summed E-state index contributed by atoms with van der Waals surface area (Å²) in [6, 6.07) is 6.22. The lowest BCUT2D eigenvalue weighted by Crippen LogP contribution is -2.53. The lowest BCUT2D eigenvalue weighted by Gasteiger charge is -2.46. The van der Waals surface area contributed by atoms with Crippen molar-refractivity contribution >= 4 is 0 Å². The van der Waals surface area contributed by atoms with Gasteiger partial charge >= 0.3 is 0 Å². The number of fused-ring (bicyclic) bond motifs is 2. The van der Waals surface area contributed by atoms with Crippen LogP contribution in [0.4, 0.5) is 0 Å². The highest BCUT2D eigenvalue weighted by atomic mass is 16.5. The smallest absolute Gasteiger partial charge is 0.0474 e. The molecule has 2 aliphatic heterocycles. The predicted octanol–water partition coefficient (Wildman–Crippen LogP) is 1.91. The van der Waals surface area contributed by atoms with Gasteiger partial charge in [-0.25, -0.2) is 0 Å². The van der Waals surface area contributed by atoms with E-state index in [4.69, 9.17) is 4.74 Å². The maximum Gasteiger partial charge on any atom is 0.0474 e. The van der Waals surface area contributed by atoms with Crippen LogP contribution in [0.2, 0.25) is 0 Å². The van der Waals surface area contributed by atoms with Crippen molar-refractivity contribution in [3.8, 4) is 0 Å². The zero-order chi connectivity index (χ0) is 15.2. The van der Waals surface area contributed by atoms with Crippen molar-refractivity contribution in [2.75, 3.05) is 53.0 Å². The molecule has 1 aromatic rings. The van der Waals surface area contributed by atoms with Crippen molar-refractivity contribution in [1.82, 2.24) is 14.8 Å². The van der Waals surface area contributed by atoms with Gasteiger partial charge in [0.05, 0.1) is 0 Å². The van der Waals surface area contributed by atoms with Gasteiger partial charge in [-0.15, -0.1) is 0 Å². The van der Waals surface area contributed by atoms with Crippen LogP contribution in [-0.2, 0) is 11.2 Å². The fourth-order valence-corrected chi connectivity index (χ4v) is 4.11. The molecule has 2 bridgehead atoms. The van der Waals surface area contributed by atoms with Gasteiger partial charge < -0.3 is 14.5 Å². The quantitative estimate of drug-likeness (QED) is 0.720. The lowest BCUT2D eigenvalue weighted by atomic mass is 9.84. The molecule has 0 spiro atoms. The van der Waals surface area contributed by atoms with Gasteiger partial charge in [-0.1, -0.05) is 6.07 Å². The summed E-state index contributed by atoms with van der Waals surface area (Å²) in [5.74, 6) is 1.72. The minimum atomic E-state index is 0.860. The molecule has 0 radical (unpaired) electrons. The van der Waals surface area contributed by atoms with Crippen LogP contribution >= 0.6 is 0 Å². The highest BCUT2D eigenvalue weighted by Gasteiger charge is 2.33. The number of likely N-dealkylation sites (tertiary alicyclic amines) is 2. The largest absolute Gasteiger partial charge is 0.385 e. The molecule has 0 N–H and O–H groups in total. The Morgan fingerprint density at radius 2 is 1.82 bits per heavy atom. The predicted molar refractivity (Wildman–Crippen MR) is 88.9 cm³/mol. The summed E-state index contributed by atoms with van der Waals surface area (Å²) in [5, 5.41) is 0. The second kappa shape index (κ2) is 8.04. The molecule has 0 saturated carbocycles. The average Bonchev–Trinajstić information content (AvgIpc) is 2.53. The van der Waals surface area contributed by atoms with Crippen LogP contribution in [0.5, 0.6) is 0 Å². The first kappa shape index (κ1) is 15.9. The summed E-state index contributed by atoms with van der Waals surface area (Å²) in [7, 11) is 1.80. The fourth-order valence-electron chi connectivity index (χ4n) is 4.11. The van der Waals surface area contributed by atoms with Gasteiger partial charge in [0, 0.05) is 71.3 Å². The zero-order valence-corrected chi connectivity index (χ0v) is 13.8. The Kier molecular flexibility index (Phi) is 5.82. The molecule has 2 fully saturated rings. The van der Waals surface area contributed by atoms with E-state index in [1.807, 2.05) is 12.3 Å². The van der Waals surface area contributed by atoms with Crippen LogP contribution in [0.3, 0.4) is 0 Å². The highest BCUT2D eigenvalue weighted by Crippen LogP contribution is 2.28. The number of methoxy groups -OCH3 is 1. The molecule has 4 nitrogen and oxygen atoms in total. The minimum Gasteiger partial charge on any atom is -0.385 e. The molecule has 3 heterocycles. The van der Waals surface area contributed by atoms with Crippen molar-refractivity contribution in [3.05, 3.63) is 30.1 Å². The molecule has 2 unspecified atom stereocenters. The maximum absolute atomic E-state index is 5.18. The molecule has 0 aromatic carbocycles. The molecule has 2 aliphatic rings. The summed E-state index contributed by atoms with van der Waals surface area (Å²) in [6.07, 6.45) is 5.58. The standard InChI is InChI=1S/C18H29N3O/c1-22-10-4-8-20-12-16-11-17(13-20)15-21(14-16)9-6-18-5-2-3-7-19-18/h2-3,5,7,16-17H,4,6,8-15H2,1H3. The van der Waals surface area contributed by atoms with E-state index >= 15 is 0 Å². The van der Waals surface area contributed by atoms with Crippen LogP contribution in [0.25, 0.3) is 0 Å². The van der Waals surface area contributed by atoms with Gasteiger partial charge in [0.15, 0.2) is 0 Å². The normalized spacial score (nSPS) is 26.2. The number of aromatic nitrogens is 1. The summed E-state index contributed by atoms with van der Waals surface area (Å²) in [4.78, 5) is 9.77. The Bertz CT molecular complexity index is 425. The lowest BCUT2D eigenvalue weighted by molar-refractivity contribution is 0.0282. The van der Waals surface area contributed by atoms with Gasteiger partial charge in [0.25, 0.3) is 0 Å². The summed E-state index contributed by atoms with van der Waals surface area (Å²) >= 11 is 0. The monoisotopic (exact) mass is 303 g/mol. The molecule has 3 rings (SSSR count). The van der Waals surface area contributed by atoms with E-state index in [9.17, 15) is 0 Å². The topological polar surface area (TPSA) is 28.6 Å². The van der Waals surface area contributed by atoms with Crippen molar-refractivity contribution in [2.45, 2.75) is 19.3 Å². The molecule has 22 heavy (non-hydrogen) atoms. The van der Waals surface area contributed by atoms with Crippen molar-refractivity contribution in [1.29, 1.82) is 0 Å². The molecular formula is C18H29N3O. The van der Waals surface area contributed by atoms with Crippen LogP contribution in [0.15, 0.2) is 24.4 Å². The average molecular weight is 303 g/mol. The number of nitrogens with zero attached hydrogens (tertiary/aromatic N) is 3. The number of pyridine rings is 1. The van der Waals surface area contributed by atoms with E-state index in [-0.39, 0.29) is 0 Å². The number of rotatable bonds is 7. The first-order chi connectivity index (χ1) is 10.8. The van der Waals surface area contributed by atoms with Gasteiger partial charge in [-0.3, -0.25) is 4.98 Å². The van der Waals surface area contributed by atoms with Gasteiger partial charge in [0.1, 0.15) is 0 Å². The van der Waals surface area contributed by atoms with Gasteiger partial charge in [-0.2, -0.15) is 0 Å². The summed E-state index contributed by atoms with van der Waals surface area (Å²) in [5.41, 5.74) is 1.22. The third kappa shape index (κ3) is 4.51. The second-order valence-electron chi connectivity index (χ2n) is 6.90. The van der Waals surface area contributed by atoms with E-state index in [1.54, 1.807) is 7.11 Å². The second-order valence-corrected chi connectivity index (χ2v) is 6.90. The number of ether oxygens (including phenoxy) is 1. The number of hydrogen-bond acceptors (Lipinski definition) is 4. The molecule has 0 amide bonds. The molecular weight excluding hydrogens is 274 g/mol. The zero-order valence-electron chi connectivity index (χ0n) is 13.8. The van der Waals surface area contributed by atoms with E-state index in [2.05, 4.69) is 26.9 Å². The maximum atomic E-state index is 5.18. The van der Waals surface area contributed by atoms with Crippen LogP contribution < -0.4 is 0 Å². The van der Waals surface area contributed by atoms with E-state index in [0.29, 0.717) is 0 Å². The van der Waals surface area contributed by atoms with E-state index < -0.39 is 0 Å². The Labute approximate surface area is 134 Å². The van der Waals surface area contributed by atoms with Gasteiger partial charge in [-0.05, 0) is 36.8 Å². The van der Waals surface area contributed by atoms with Crippen molar-refractivity contribution in [3.63, 3.8) is 0 Å². The molecule has 1 aromatic heterocycles. The Hall–Kier alpha value is -0.970. The Morgan fingerprint density at radius 3 is 2.45 bits per heavy atom. The number of hydrogen-bond donors (Lipinski definition) is 0. The van der Waals surface area contributed by atoms with Crippen LogP contribution in [-0.4, -0.2) is 67.8 Å². The molecule has 122 valence electrons. The first-order valence-corrected chi connectivity index (χ1v) is 8.67. The van der Waals surface area contributed by atoms with Crippen molar-refractivity contribution < 1.29 is 4.74 Å². The third-order valence-electron chi connectivity index (χ3n) is 4.97. The molecule has 4 heteroatoms. The molecule has 2 saturated heterocycles. The highest BCUT2D eigenvalue weighted by molar-refractivity contribution is 5.04. The van der Waals surface area contributed by atoms with Crippen LogP contribution in [0, 0.1) is 11.8 Å². The molecule has 2 atom stereocenters. The van der Waals surface area contributed by atoms with E-state index in [1.165, 1.54) is 51.3 Å². The summed E-state index contributed by atoms with van der Waals surface area (Å²) in [6.45, 7) is 8.35. The fraction of sp³-hybridized carbons (Fsp3) is 0.722. The Balaban J connectivity index is 1.43. The van der Waals surface area contributed by atoms with E-state index in [0.717, 1.165) is 31.4 Å². The third-order valence-corrected chi connectivity index (χ3v) is 4.97. The van der Waals surface area contributed by atoms with Crippen LogP contribution in [0.1, 0.15) is 18.5 Å². The Morgan fingerprint density at radius 1 is 1.09 bits per heavy atom. The SMILES string of the molecule is COCCCN1CC2CC(C1)CN(CCc1ccccn1)C2. The number of piperidine rings is 2. The minimum absolute atomic E-state index is 0.860.